The van der Waals surface area contributed by atoms with Crippen LogP contribution in [0.5, 0.6) is 5.75 Å². The van der Waals surface area contributed by atoms with Gasteiger partial charge in [-0.25, -0.2) is 0 Å². The second-order valence-electron chi connectivity index (χ2n) is 6.81. The van der Waals surface area contributed by atoms with Crippen molar-refractivity contribution in [2.75, 3.05) is 31.6 Å². The van der Waals surface area contributed by atoms with Gasteiger partial charge in [-0.2, -0.15) is 5.10 Å². The van der Waals surface area contributed by atoms with Gasteiger partial charge in [-0.15, -0.1) is 0 Å². The summed E-state index contributed by atoms with van der Waals surface area (Å²) in [4.78, 5) is 14.6. The number of amides is 1. The highest BCUT2D eigenvalue weighted by Crippen LogP contribution is 2.26. The lowest BCUT2D eigenvalue weighted by Gasteiger charge is -2.19. The molecule has 0 radical (unpaired) electrons. The van der Waals surface area contributed by atoms with Crippen LogP contribution in [0.1, 0.15) is 36.7 Å². The zero-order chi connectivity index (χ0) is 17.8. The van der Waals surface area contributed by atoms with Crippen molar-refractivity contribution in [1.29, 1.82) is 0 Å². The molecule has 1 saturated heterocycles. The summed E-state index contributed by atoms with van der Waals surface area (Å²) >= 11 is 0. The molecule has 1 aliphatic rings. The topological polar surface area (TPSA) is 59.4 Å². The van der Waals surface area contributed by atoms with E-state index in [4.69, 9.17) is 4.74 Å². The van der Waals surface area contributed by atoms with Crippen LogP contribution in [-0.2, 0) is 0 Å². The number of ether oxygens (including phenoxy) is 1. The number of nitrogens with zero attached hydrogens (tertiary/aromatic N) is 3. The molecule has 25 heavy (non-hydrogen) atoms. The summed E-state index contributed by atoms with van der Waals surface area (Å²) in [6.45, 7) is 6.71. The van der Waals surface area contributed by atoms with Crippen LogP contribution in [0.2, 0.25) is 0 Å². The van der Waals surface area contributed by atoms with Crippen molar-refractivity contribution in [3.05, 3.63) is 42.2 Å². The van der Waals surface area contributed by atoms with Crippen molar-refractivity contribution in [3.8, 4) is 5.75 Å². The summed E-state index contributed by atoms with van der Waals surface area (Å²) in [5.41, 5.74) is 1.79. The molecule has 3 rings (SSSR count). The summed E-state index contributed by atoms with van der Waals surface area (Å²) < 4.78 is 7.10. The van der Waals surface area contributed by atoms with Gasteiger partial charge >= 0.3 is 0 Å². The van der Waals surface area contributed by atoms with Crippen LogP contribution in [0.4, 0.5) is 5.69 Å². The van der Waals surface area contributed by atoms with Crippen LogP contribution in [0.25, 0.3) is 0 Å². The normalized spacial score (nSPS) is 17.1. The van der Waals surface area contributed by atoms with Gasteiger partial charge in [0, 0.05) is 43.6 Å². The first kappa shape index (κ1) is 17.3. The first-order valence-electron chi connectivity index (χ1n) is 8.78. The minimum atomic E-state index is -0.0493. The third-order valence-electron chi connectivity index (χ3n) is 4.65. The largest absolute Gasteiger partial charge is 0.497 e. The maximum absolute atomic E-state index is 12.3. The highest BCUT2D eigenvalue weighted by atomic mass is 16.5. The van der Waals surface area contributed by atoms with Gasteiger partial charge < -0.3 is 15.0 Å². The van der Waals surface area contributed by atoms with Crippen molar-refractivity contribution < 1.29 is 9.53 Å². The smallest absolute Gasteiger partial charge is 0.254 e. The Morgan fingerprint density at radius 2 is 2.28 bits per heavy atom. The fourth-order valence-electron chi connectivity index (χ4n) is 3.12. The second-order valence-corrected chi connectivity index (χ2v) is 6.81. The van der Waals surface area contributed by atoms with E-state index in [2.05, 4.69) is 27.4 Å². The summed E-state index contributed by atoms with van der Waals surface area (Å²) in [5.74, 6) is 1.28. The minimum absolute atomic E-state index is 0.0493. The first-order chi connectivity index (χ1) is 12.1. The Balaban J connectivity index is 1.51. The number of rotatable bonds is 6. The number of nitrogens with one attached hydrogen (secondary N) is 1. The maximum Gasteiger partial charge on any atom is 0.254 e. The molecule has 2 aromatic rings. The molecule has 6 heteroatoms. The molecule has 1 aliphatic heterocycles. The van der Waals surface area contributed by atoms with Crippen LogP contribution in [0.15, 0.2) is 36.7 Å². The quantitative estimate of drug-likeness (QED) is 0.877. The number of methoxy groups -OCH3 is 1. The van der Waals surface area contributed by atoms with E-state index >= 15 is 0 Å². The lowest BCUT2D eigenvalue weighted by molar-refractivity contribution is 0.0948. The monoisotopic (exact) mass is 342 g/mol. The van der Waals surface area contributed by atoms with Gasteiger partial charge in [0.1, 0.15) is 5.75 Å². The standard InChI is InChI=1S/C19H26N4O2/c1-14(2)23-13-16(11-21-23)19(24)20-10-15-7-8-22(12-15)17-5-4-6-18(9-17)25-3/h4-6,9,11,13-15H,7-8,10,12H2,1-3H3,(H,20,24). The first-order valence-corrected chi connectivity index (χ1v) is 8.78. The molecule has 1 fully saturated rings. The molecule has 0 spiro atoms. The minimum Gasteiger partial charge on any atom is -0.497 e. The molecular weight excluding hydrogens is 316 g/mol. The average molecular weight is 342 g/mol. The molecule has 1 atom stereocenters. The Morgan fingerprint density at radius 3 is 3.00 bits per heavy atom. The molecule has 1 aromatic carbocycles. The Kier molecular flexibility index (Phi) is 5.26. The van der Waals surface area contributed by atoms with Gasteiger partial charge in [-0.1, -0.05) is 6.07 Å². The highest BCUT2D eigenvalue weighted by molar-refractivity contribution is 5.93. The van der Waals surface area contributed by atoms with E-state index in [1.165, 1.54) is 5.69 Å². The molecular formula is C19H26N4O2. The van der Waals surface area contributed by atoms with Gasteiger partial charge in [0.05, 0.1) is 18.9 Å². The SMILES string of the molecule is COc1cccc(N2CCC(CNC(=O)c3cnn(C(C)C)c3)C2)c1. The lowest BCUT2D eigenvalue weighted by atomic mass is 10.1. The summed E-state index contributed by atoms with van der Waals surface area (Å²) in [6.07, 6.45) is 4.51. The van der Waals surface area contributed by atoms with Crippen molar-refractivity contribution in [1.82, 2.24) is 15.1 Å². The average Bonchev–Trinajstić information content (AvgIpc) is 3.29. The maximum atomic E-state index is 12.3. The van der Waals surface area contributed by atoms with Crippen molar-refractivity contribution in [3.63, 3.8) is 0 Å². The Hall–Kier alpha value is -2.50. The molecule has 0 saturated carbocycles. The van der Waals surface area contributed by atoms with Crippen molar-refractivity contribution in [2.24, 2.45) is 5.92 Å². The highest BCUT2D eigenvalue weighted by Gasteiger charge is 2.23. The Bertz CT molecular complexity index is 726. The molecule has 0 aliphatic carbocycles. The van der Waals surface area contributed by atoms with Crippen LogP contribution in [0.3, 0.4) is 0 Å². The number of benzene rings is 1. The number of hydrogen-bond donors (Lipinski definition) is 1. The van der Waals surface area contributed by atoms with E-state index in [1.807, 2.05) is 26.0 Å². The van der Waals surface area contributed by atoms with Crippen molar-refractivity contribution in [2.45, 2.75) is 26.3 Å². The van der Waals surface area contributed by atoms with Crippen LogP contribution in [-0.4, -0.2) is 42.4 Å². The van der Waals surface area contributed by atoms with E-state index in [0.29, 0.717) is 18.0 Å². The lowest BCUT2D eigenvalue weighted by Crippen LogP contribution is -2.30. The number of carbonyl (C=O) groups excluding carboxylic acids is 1. The summed E-state index contributed by atoms with van der Waals surface area (Å²) in [6, 6.07) is 8.38. The van der Waals surface area contributed by atoms with Gasteiger partial charge in [0.2, 0.25) is 0 Å². The van der Waals surface area contributed by atoms with E-state index in [1.54, 1.807) is 24.2 Å². The fourth-order valence-corrected chi connectivity index (χ4v) is 3.12. The van der Waals surface area contributed by atoms with Gasteiger partial charge in [0.25, 0.3) is 5.91 Å². The third-order valence-corrected chi connectivity index (χ3v) is 4.65. The summed E-state index contributed by atoms with van der Waals surface area (Å²) in [7, 11) is 1.68. The molecule has 6 nitrogen and oxygen atoms in total. The second kappa shape index (κ2) is 7.59. The number of anilines is 1. The van der Waals surface area contributed by atoms with E-state index in [9.17, 15) is 4.79 Å². The molecule has 2 heterocycles. The van der Waals surface area contributed by atoms with Gasteiger partial charge in [-0.05, 0) is 38.3 Å². The number of aromatic nitrogens is 2. The molecule has 1 amide bonds. The molecule has 1 aromatic heterocycles. The van der Waals surface area contributed by atoms with Gasteiger partial charge in [0.15, 0.2) is 0 Å². The Labute approximate surface area is 148 Å². The summed E-state index contributed by atoms with van der Waals surface area (Å²) in [5, 5.41) is 7.26. The zero-order valence-electron chi connectivity index (χ0n) is 15.1. The molecule has 0 bridgehead atoms. The van der Waals surface area contributed by atoms with E-state index in [-0.39, 0.29) is 11.9 Å². The number of carbonyl (C=O) groups is 1. The van der Waals surface area contributed by atoms with Crippen LogP contribution < -0.4 is 15.0 Å². The van der Waals surface area contributed by atoms with E-state index < -0.39 is 0 Å². The fraction of sp³-hybridized carbons (Fsp3) is 0.474. The molecule has 1 N–H and O–H groups in total. The molecule has 134 valence electrons. The predicted octanol–water partition coefficient (Wildman–Crippen LogP) is 2.73. The van der Waals surface area contributed by atoms with Gasteiger partial charge in [-0.3, -0.25) is 9.48 Å². The zero-order valence-corrected chi connectivity index (χ0v) is 15.1. The van der Waals surface area contributed by atoms with Crippen molar-refractivity contribution >= 4 is 11.6 Å². The Morgan fingerprint density at radius 1 is 1.44 bits per heavy atom. The third kappa shape index (κ3) is 4.13. The molecule has 1 unspecified atom stereocenters. The number of hydrogen-bond acceptors (Lipinski definition) is 4. The van der Waals surface area contributed by atoms with E-state index in [0.717, 1.165) is 25.3 Å². The predicted molar refractivity (Wildman–Crippen MR) is 98.3 cm³/mol. The van der Waals surface area contributed by atoms with Crippen LogP contribution in [0, 0.1) is 5.92 Å². The van der Waals surface area contributed by atoms with Crippen LogP contribution >= 0.6 is 0 Å².